The molecule has 2 aliphatic carbocycles. The number of rotatable bonds is 3. The minimum atomic E-state index is 0.659. The molecule has 1 N–H and O–H groups in total. The van der Waals surface area contributed by atoms with Gasteiger partial charge >= 0.3 is 0 Å². The molecule has 2 fully saturated rings. The van der Waals surface area contributed by atoms with E-state index in [4.69, 9.17) is 0 Å². The largest absolute Gasteiger partial charge is 0.313 e. The molecule has 0 bridgehead atoms. The van der Waals surface area contributed by atoms with Crippen molar-refractivity contribution in [3.63, 3.8) is 0 Å². The van der Waals surface area contributed by atoms with E-state index in [1.165, 1.54) is 45.1 Å². The molecule has 76 valence electrons. The van der Waals surface area contributed by atoms with Crippen LogP contribution in [-0.2, 0) is 0 Å². The topological polar surface area (TPSA) is 12.0 Å². The fourth-order valence-corrected chi connectivity index (χ4v) is 2.74. The van der Waals surface area contributed by atoms with Gasteiger partial charge in [-0.3, -0.25) is 0 Å². The summed E-state index contributed by atoms with van der Waals surface area (Å²) in [6.07, 6.45) is 8.62. The second-order valence-corrected chi connectivity index (χ2v) is 5.66. The Morgan fingerprint density at radius 3 is 2.54 bits per heavy atom. The van der Waals surface area contributed by atoms with Crippen LogP contribution in [0.15, 0.2) is 0 Å². The van der Waals surface area contributed by atoms with Crippen LogP contribution in [-0.4, -0.2) is 12.6 Å². The first-order valence-electron chi connectivity index (χ1n) is 5.91. The maximum atomic E-state index is 3.75. The predicted octanol–water partition coefficient (Wildman–Crippen LogP) is 2.95. The fraction of sp³-hybridized carbons (Fsp3) is 1.00. The summed E-state index contributed by atoms with van der Waals surface area (Å²) in [7, 11) is 0. The van der Waals surface area contributed by atoms with E-state index in [9.17, 15) is 0 Å². The molecule has 0 saturated heterocycles. The van der Waals surface area contributed by atoms with Crippen LogP contribution in [0.2, 0.25) is 0 Å². The molecule has 2 rings (SSSR count). The van der Waals surface area contributed by atoms with Crippen LogP contribution in [0.4, 0.5) is 0 Å². The highest BCUT2D eigenvalue weighted by atomic mass is 14.9. The predicted molar refractivity (Wildman–Crippen MR) is 56.8 cm³/mol. The third kappa shape index (κ3) is 2.25. The molecule has 0 aromatic rings. The molecule has 1 nitrogen and oxygen atoms in total. The molecule has 0 aromatic heterocycles. The first-order chi connectivity index (χ1) is 6.18. The summed E-state index contributed by atoms with van der Waals surface area (Å²) in [6.45, 7) is 6.08. The van der Waals surface area contributed by atoms with E-state index in [2.05, 4.69) is 19.2 Å². The summed E-state index contributed by atoms with van der Waals surface area (Å²) in [5.41, 5.74) is 0.659. The molecule has 0 heterocycles. The lowest BCUT2D eigenvalue weighted by atomic mass is 9.70. The molecule has 0 aromatic carbocycles. The van der Waals surface area contributed by atoms with Crippen molar-refractivity contribution < 1.29 is 0 Å². The highest BCUT2D eigenvalue weighted by Crippen LogP contribution is 2.39. The minimum absolute atomic E-state index is 0.659. The summed E-state index contributed by atoms with van der Waals surface area (Å²) in [5.74, 6) is 0.965. The van der Waals surface area contributed by atoms with Crippen LogP contribution in [0.3, 0.4) is 0 Å². The summed E-state index contributed by atoms with van der Waals surface area (Å²) in [6, 6.07) is 0.840. The van der Waals surface area contributed by atoms with Crippen molar-refractivity contribution in [1.29, 1.82) is 0 Å². The molecule has 1 heteroatoms. The van der Waals surface area contributed by atoms with E-state index in [-0.39, 0.29) is 0 Å². The molecule has 0 spiro atoms. The lowest BCUT2D eigenvalue weighted by Gasteiger charge is -2.39. The molecule has 13 heavy (non-hydrogen) atoms. The number of nitrogens with one attached hydrogen (secondary N) is 1. The van der Waals surface area contributed by atoms with E-state index >= 15 is 0 Å². The van der Waals surface area contributed by atoms with Crippen molar-refractivity contribution in [2.45, 2.75) is 58.4 Å². The quantitative estimate of drug-likeness (QED) is 0.706. The maximum absolute atomic E-state index is 3.75. The maximum Gasteiger partial charge on any atom is 0.00699 e. The molecule has 2 aliphatic rings. The van der Waals surface area contributed by atoms with Gasteiger partial charge in [-0.15, -0.1) is 0 Å². The van der Waals surface area contributed by atoms with Gasteiger partial charge < -0.3 is 5.32 Å². The van der Waals surface area contributed by atoms with Gasteiger partial charge in [0.05, 0.1) is 0 Å². The van der Waals surface area contributed by atoms with Crippen LogP contribution in [0.5, 0.6) is 0 Å². The van der Waals surface area contributed by atoms with Gasteiger partial charge in [0.25, 0.3) is 0 Å². The SMILES string of the molecule is CC1CCC(NCC2(C)CCC2)C1. The Balaban J connectivity index is 1.67. The lowest BCUT2D eigenvalue weighted by molar-refractivity contribution is 0.150. The van der Waals surface area contributed by atoms with Crippen molar-refractivity contribution in [2.24, 2.45) is 11.3 Å². The second-order valence-electron chi connectivity index (χ2n) is 5.66. The number of hydrogen-bond acceptors (Lipinski definition) is 1. The Morgan fingerprint density at radius 2 is 2.08 bits per heavy atom. The minimum Gasteiger partial charge on any atom is -0.313 e. The zero-order chi connectivity index (χ0) is 9.31. The standard InChI is InChI=1S/C12H23N/c1-10-4-5-11(8-10)13-9-12(2)6-3-7-12/h10-11,13H,3-9H2,1-2H3. The number of hydrogen-bond donors (Lipinski definition) is 1. The van der Waals surface area contributed by atoms with Crippen molar-refractivity contribution >= 4 is 0 Å². The summed E-state index contributed by atoms with van der Waals surface area (Å²) in [5, 5.41) is 3.75. The summed E-state index contributed by atoms with van der Waals surface area (Å²) < 4.78 is 0. The van der Waals surface area contributed by atoms with Gasteiger partial charge in [-0.05, 0) is 43.4 Å². The molecular weight excluding hydrogens is 158 g/mol. The van der Waals surface area contributed by atoms with Crippen LogP contribution < -0.4 is 5.32 Å². The Hall–Kier alpha value is -0.0400. The van der Waals surface area contributed by atoms with Crippen molar-refractivity contribution in [3.8, 4) is 0 Å². The second kappa shape index (κ2) is 3.61. The average molecular weight is 181 g/mol. The molecular formula is C12H23N. The summed E-state index contributed by atoms with van der Waals surface area (Å²) in [4.78, 5) is 0. The van der Waals surface area contributed by atoms with E-state index in [0.29, 0.717) is 5.41 Å². The van der Waals surface area contributed by atoms with Crippen molar-refractivity contribution in [3.05, 3.63) is 0 Å². The molecule has 2 atom stereocenters. The van der Waals surface area contributed by atoms with Crippen LogP contribution in [0.25, 0.3) is 0 Å². The zero-order valence-corrected chi connectivity index (χ0v) is 9.10. The van der Waals surface area contributed by atoms with E-state index < -0.39 is 0 Å². The Morgan fingerprint density at radius 1 is 1.31 bits per heavy atom. The van der Waals surface area contributed by atoms with Crippen molar-refractivity contribution in [2.75, 3.05) is 6.54 Å². The lowest BCUT2D eigenvalue weighted by Crippen LogP contribution is -2.41. The monoisotopic (exact) mass is 181 g/mol. The fourth-order valence-electron chi connectivity index (χ4n) is 2.74. The highest BCUT2D eigenvalue weighted by Gasteiger charge is 2.32. The van der Waals surface area contributed by atoms with Crippen molar-refractivity contribution in [1.82, 2.24) is 5.32 Å². The van der Waals surface area contributed by atoms with Crippen LogP contribution >= 0.6 is 0 Å². The zero-order valence-electron chi connectivity index (χ0n) is 9.10. The van der Waals surface area contributed by atoms with Gasteiger partial charge in [0.2, 0.25) is 0 Å². The normalized spacial score (nSPS) is 37.4. The van der Waals surface area contributed by atoms with Gasteiger partial charge in [0, 0.05) is 12.6 Å². The Bertz CT molecular complexity index is 172. The Labute approximate surface area is 82.3 Å². The van der Waals surface area contributed by atoms with E-state index in [0.717, 1.165) is 12.0 Å². The molecule has 0 amide bonds. The van der Waals surface area contributed by atoms with Crippen LogP contribution in [0.1, 0.15) is 52.4 Å². The smallest absolute Gasteiger partial charge is 0.00699 e. The Kier molecular flexibility index (Phi) is 2.64. The van der Waals surface area contributed by atoms with Gasteiger partial charge in [0.15, 0.2) is 0 Å². The highest BCUT2D eigenvalue weighted by molar-refractivity contribution is 4.88. The van der Waals surface area contributed by atoms with Gasteiger partial charge in [-0.2, -0.15) is 0 Å². The first-order valence-corrected chi connectivity index (χ1v) is 5.91. The van der Waals surface area contributed by atoms with E-state index in [1.807, 2.05) is 0 Å². The van der Waals surface area contributed by atoms with Gasteiger partial charge in [0.1, 0.15) is 0 Å². The van der Waals surface area contributed by atoms with Gasteiger partial charge in [-0.1, -0.05) is 20.3 Å². The molecule has 2 saturated carbocycles. The third-order valence-electron chi connectivity index (χ3n) is 4.07. The summed E-state index contributed by atoms with van der Waals surface area (Å²) >= 11 is 0. The first kappa shape index (κ1) is 9.51. The van der Waals surface area contributed by atoms with E-state index in [1.54, 1.807) is 0 Å². The third-order valence-corrected chi connectivity index (χ3v) is 4.07. The molecule has 2 unspecified atom stereocenters. The van der Waals surface area contributed by atoms with Gasteiger partial charge in [-0.25, -0.2) is 0 Å². The molecule has 0 radical (unpaired) electrons. The molecule has 0 aliphatic heterocycles. The average Bonchev–Trinajstić information content (AvgIpc) is 2.44. The van der Waals surface area contributed by atoms with Crippen LogP contribution in [0, 0.1) is 11.3 Å².